The van der Waals surface area contributed by atoms with Gasteiger partial charge >= 0.3 is 0 Å². The molecule has 2 aromatic carbocycles. The van der Waals surface area contributed by atoms with Gasteiger partial charge in [-0.3, -0.25) is 0 Å². The van der Waals surface area contributed by atoms with Crippen LogP contribution in [0.5, 0.6) is 0 Å². The summed E-state index contributed by atoms with van der Waals surface area (Å²) in [6.45, 7) is 0. The lowest BCUT2D eigenvalue weighted by Gasteiger charge is -2.13. The van der Waals surface area contributed by atoms with Gasteiger partial charge in [0.25, 0.3) is 0 Å². The fourth-order valence-electron chi connectivity index (χ4n) is 1.76. The molecule has 1 unspecified atom stereocenters. The largest absolute Gasteiger partial charge is 0.204 e. The molecule has 0 aliphatic rings. The summed E-state index contributed by atoms with van der Waals surface area (Å²) in [4.78, 5) is 0. The zero-order valence-electron chi connectivity index (χ0n) is 9.64. The first kappa shape index (κ1) is 14.8. The van der Waals surface area contributed by atoms with E-state index in [2.05, 4.69) is 15.9 Å². The van der Waals surface area contributed by atoms with Gasteiger partial charge in [-0.2, -0.15) is 0 Å². The van der Waals surface area contributed by atoms with Crippen LogP contribution in [-0.2, 0) is 6.42 Å². The van der Waals surface area contributed by atoms with Gasteiger partial charge in [-0.05, 0) is 35.7 Å². The third-order valence-corrected chi connectivity index (χ3v) is 3.94. The number of rotatable bonds is 3. The zero-order chi connectivity index (χ0) is 14.0. The van der Waals surface area contributed by atoms with Gasteiger partial charge in [-0.15, -0.1) is 11.6 Å². The number of benzene rings is 2. The lowest BCUT2D eigenvalue weighted by molar-refractivity contribution is 0.498. The minimum Gasteiger partial charge on any atom is -0.204 e. The van der Waals surface area contributed by atoms with Crippen LogP contribution < -0.4 is 0 Å². The topological polar surface area (TPSA) is 0 Å². The van der Waals surface area contributed by atoms with Crippen molar-refractivity contribution in [3.05, 3.63) is 68.7 Å². The molecule has 100 valence electrons. The Balaban J connectivity index is 2.25. The van der Waals surface area contributed by atoms with Crippen LogP contribution in [0.4, 0.5) is 8.78 Å². The molecular weight excluding hydrogens is 357 g/mol. The monoisotopic (exact) mass is 364 g/mol. The molecule has 0 saturated carbocycles. The van der Waals surface area contributed by atoms with Crippen molar-refractivity contribution in [1.82, 2.24) is 0 Å². The molecule has 0 aromatic heterocycles. The maximum Gasteiger partial charge on any atom is 0.162 e. The molecule has 0 fully saturated rings. The Hall–Kier alpha value is -0.640. The summed E-state index contributed by atoms with van der Waals surface area (Å²) < 4.78 is 27.5. The molecule has 0 spiro atoms. The van der Waals surface area contributed by atoms with E-state index in [1.807, 2.05) is 0 Å². The molecule has 2 aromatic rings. The fraction of sp³-hybridized carbons (Fsp3) is 0.143. The highest BCUT2D eigenvalue weighted by atomic mass is 79.9. The van der Waals surface area contributed by atoms with Gasteiger partial charge in [-0.25, -0.2) is 8.78 Å². The van der Waals surface area contributed by atoms with Gasteiger partial charge < -0.3 is 0 Å². The van der Waals surface area contributed by atoms with Crippen LogP contribution in [0.25, 0.3) is 0 Å². The standard InChI is InChI=1S/C14H9BrCl2F2/c15-9-4-5-10(12(17)7-9)11(16)6-8-2-1-3-13(18)14(8)19/h1-5,7,11H,6H2. The quantitative estimate of drug-likeness (QED) is 0.593. The summed E-state index contributed by atoms with van der Waals surface area (Å²) in [5, 5.41) is -0.0249. The maximum absolute atomic E-state index is 13.6. The molecule has 0 nitrogen and oxygen atoms in total. The van der Waals surface area contributed by atoms with Crippen LogP contribution in [0, 0.1) is 11.6 Å². The van der Waals surface area contributed by atoms with Crippen molar-refractivity contribution in [3.63, 3.8) is 0 Å². The molecule has 0 N–H and O–H groups in total. The molecule has 0 aliphatic carbocycles. The first-order valence-corrected chi connectivity index (χ1v) is 7.11. The highest BCUT2D eigenvalue weighted by Crippen LogP contribution is 2.33. The maximum atomic E-state index is 13.6. The number of hydrogen-bond donors (Lipinski definition) is 0. The summed E-state index contributed by atoms with van der Waals surface area (Å²) >= 11 is 15.6. The van der Waals surface area contributed by atoms with Crippen LogP contribution >= 0.6 is 39.1 Å². The number of hydrogen-bond acceptors (Lipinski definition) is 0. The molecule has 0 radical (unpaired) electrons. The molecular formula is C14H9BrCl2F2. The van der Waals surface area contributed by atoms with Gasteiger partial charge in [0.05, 0.1) is 5.38 Å². The van der Waals surface area contributed by atoms with Crippen molar-refractivity contribution in [3.8, 4) is 0 Å². The van der Waals surface area contributed by atoms with Crippen molar-refractivity contribution in [2.75, 3.05) is 0 Å². The van der Waals surface area contributed by atoms with Crippen LogP contribution in [-0.4, -0.2) is 0 Å². The van der Waals surface area contributed by atoms with E-state index in [1.165, 1.54) is 12.1 Å². The van der Waals surface area contributed by atoms with Crippen LogP contribution in [0.2, 0.25) is 5.02 Å². The second-order valence-corrected chi connectivity index (χ2v) is 5.90. The molecule has 0 aliphatic heterocycles. The van der Waals surface area contributed by atoms with Gasteiger partial charge in [0, 0.05) is 9.50 Å². The molecule has 5 heteroatoms. The first-order chi connectivity index (χ1) is 8.99. The number of halogens is 5. The third-order valence-electron chi connectivity index (χ3n) is 2.73. The van der Waals surface area contributed by atoms with Crippen molar-refractivity contribution < 1.29 is 8.78 Å². The average molecular weight is 366 g/mol. The molecule has 19 heavy (non-hydrogen) atoms. The van der Waals surface area contributed by atoms with Gasteiger partial charge in [0.2, 0.25) is 0 Å². The Morgan fingerprint density at radius 3 is 2.58 bits per heavy atom. The molecule has 0 saturated heterocycles. The van der Waals surface area contributed by atoms with Gasteiger partial charge in [-0.1, -0.05) is 45.7 Å². The van der Waals surface area contributed by atoms with Crippen molar-refractivity contribution in [2.45, 2.75) is 11.8 Å². The summed E-state index contributed by atoms with van der Waals surface area (Å²) in [7, 11) is 0. The number of alkyl halides is 1. The second-order valence-electron chi connectivity index (χ2n) is 4.05. The first-order valence-electron chi connectivity index (χ1n) is 5.51. The third kappa shape index (κ3) is 3.47. The highest BCUT2D eigenvalue weighted by molar-refractivity contribution is 9.10. The van der Waals surface area contributed by atoms with Crippen molar-refractivity contribution in [2.24, 2.45) is 0 Å². The summed E-state index contributed by atoms with van der Waals surface area (Å²) in [5.41, 5.74) is 0.925. The minimum absolute atomic E-state index is 0.173. The zero-order valence-corrected chi connectivity index (χ0v) is 12.7. The molecule has 0 bridgehead atoms. The van der Waals surface area contributed by atoms with E-state index < -0.39 is 17.0 Å². The SMILES string of the molecule is Fc1cccc(CC(Cl)c2ccc(Br)cc2Cl)c1F. The predicted octanol–water partition coefficient (Wildman–Crippen LogP) is 5.90. The normalized spacial score (nSPS) is 12.5. The van der Waals surface area contributed by atoms with E-state index in [0.29, 0.717) is 10.6 Å². The second kappa shape index (κ2) is 6.21. The average Bonchev–Trinajstić information content (AvgIpc) is 2.34. The lowest BCUT2D eigenvalue weighted by Crippen LogP contribution is -2.01. The van der Waals surface area contributed by atoms with Crippen LogP contribution in [0.15, 0.2) is 40.9 Å². The molecule has 0 heterocycles. The van der Waals surface area contributed by atoms with Crippen LogP contribution in [0.1, 0.15) is 16.5 Å². The van der Waals surface area contributed by atoms with Gasteiger partial charge in [0.15, 0.2) is 11.6 Å². The Labute approximate surface area is 128 Å². The minimum atomic E-state index is -0.872. The smallest absolute Gasteiger partial charge is 0.162 e. The Morgan fingerprint density at radius 1 is 1.16 bits per heavy atom. The lowest BCUT2D eigenvalue weighted by atomic mass is 10.0. The molecule has 1 atom stereocenters. The van der Waals surface area contributed by atoms with Crippen molar-refractivity contribution in [1.29, 1.82) is 0 Å². The van der Waals surface area contributed by atoms with E-state index in [1.54, 1.807) is 18.2 Å². The fourth-order valence-corrected chi connectivity index (χ4v) is 2.98. The van der Waals surface area contributed by atoms with E-state index in [4.69, 9.17) is 23.2 Å². The Bertz CT molecular complexity index is 602. The molecule has 2 rings (SSSR count). The Morgan fingerprint density at radius 2 is 1.89 bits per heavy atom. The molecule has 0 amide bonds. The van der Waals surface area contributed by atoms with E-state index in [0.717, 1.165) is 10.5 Å². The van der Waals surface area contributed by atoms with E-state index >= 15 is 0 Å². The van der Waals surface area contributed by atoms with Crippen molar-refractivity contribution >= 4 is 39.1 Å². The summed E-state index contributed by atoms with van der Waals surface area (Å²) in [5.74, 6) is -1.73. The highest BCUT2D eigenvalue weighted by Gasteiger charge is 2.16. The van der Waals surface area contributed by atoms with Crippen LogP contribution in [0.3, 0.4) is 0 Å². The van der Waals surface area contributed by atoms with E-state index in [-0.39, 0.29) is 12.0 Å². The summed E-state index contributed by atoms with van der Waals surface area (Å²) in [6, 6.07) is 9.34. The summed E-state index contributed by atoms with van der Waals surface area (Å²) in [6.07, 6.45) is 0.173. The Kier molecular flexibility index (Phi) is 4.82. The van der Waals surface area contributed by atoms with E-state index in [9.17, 15) is 8.78 Å². The predicted molar refractivity (Wildman–Crippen MR) is 77.8 cm³/mol. The van der Waals surface area contributed by atoms with Gasteiger partial charge in [0.1, 0.15) is 0 Å².